The molecule has 3 N–H and O–H groups in total. The number of aliphatic hydroxyl groups is 1. The molecule has 1 atom stereocenters. The fourth-order valence-corrected chi connectivity index (χ4v) is 1.27. The predicted octanol–water partition coefficient (Wildman–Crippen LogP) is 1.74. The monoisotopic (exact) mass is 201 g/mol. The van der Waals surface area contributed by atoms with Crippen molar-refractivity contribution in [2.24, 2.45) is 5.73 Å². The number of benzene rings is 1. The predicted molar refractivity (Wildman–Crippen MR) is 49.6 cm³/mol. The summed E-state index contributed by atoms with van der Waals surface area (Å²) in [5, 5.41) is 8.57. The van der Waals surface area contributed by atoms with Crippen LogP contribution in [0.5, 0.6) is 0 Å². The maximum absolute atomic E-state index is 13.1. The van der Waals surface area contributed by atoms with Gasteiger partial charge in [0.2, 0.25) is 0 Å². The quantitative estimate of drug-likeness (QED) is 0.779. The lowest BCUT2D eigenvalue weighted by molar-refractivity contribution is 0.279. The van der Waals surface area contributed by atoms with Crippen LogP contribution in [-0.2, 0) is 0 Å². The largest absolute Gasteiger partial charge is 0.396 e. The first-order chi connectivity index (χ1) is 6.65. The minimum absolute atomic E-state index is 0.0243. The highest BCUT2D eigenvalue weighted by atomic mass is 19.1. The van der Waals surface area contributed by atoms with Crippen molar-refractivity contribution in [2.75, 3.05) is 6.61 Å². The Bertz CT molecular complexity index is 304. The zero-order valence-electron chi connectivity index (χ0n) is 7.71. The van der Waals surface area contributed by atoms with Crippen molar-refractivity contribution in [1.82, 2.24) is 0 Å². The molecule has 1 rings (SSSR count). The molecular weight excluding hydrogens is 188 g/mol. The lowest BCUT2D eigenvalue weighted by Gasteiger charge is -2.11. The second kappa shape index (κ2) is 5.02. The van der Waals surface area contributed by atoms with Crippen molar-refractivity contribution in [2.45, 2.75) is 18.9 Å². The Balaban J connectivity index is 2.74. The topological polar surface area (TPSA) is 46.2 Å². The van der Waals surface area contributed by atoms with Crippen LogP contribution in [0.3, 0.4) is 0 Å². The van der Waals surface area contributed by atoms with Gasteiger partial charge in [0, 0.05) is 24.3 Å². The summed E-state index contributed by atoms with van der Waals surface area (Å²) in [6.07, 6.45) is 0.997. The van der Waals surface area contributed by atoms with Crippen LogP contribution in [-0.4, -0.2) is 11.7 Å². The molecule has 0 spiro atoms. The highest BCUT2D eigenvalue weighted by Gasteiger charge is 2.11. The summed E-state index contributed by atoms with van der Waals surface area (Å²) in [6.45, 7) is 0.0243. The molecule has 0 heterocycles. The minimum Gasteiger partial charge on any atom is -0.396 e. The molecule has 1 aromatic carbocycles. The molecule has 0 aliphatic rings. The van der Waals surface area contributed by atoms with Gasteiger partial charge in [-0.2, -0.15) is 0 Å². The maximum Gasteiger partial charge on any atom is 0.130 e. The van der Waals surface area contributed by atoms with Gasteiger partial charge in [0.15, 0.2) is 0 Å². The molecule has 1 aromatic rings. The van der Waals surface area contributed by atoms with Crippen LogP contribution in [0.15, 0.2) is 18.2 Å². The molecule has 0 saturated carbocycles. The fraction of sp³-hybridized carbons (Fsp3) is 0.400. The van der Waals surface area contributed by atoms with E-state index < -0.39 is 17.7 Å². The van der Waals surface area contributed by atoms with Crippen molar-refractivity contribution >= 4 is 0 Å². The number of hydrogen-bond donors (Lipinski definition) is 2. The van der Waals surface area contributed by atoms with Gasteiger partial charge < -0.3 is 10.8 Å². The Kier molecular flexibility index (Phi) is 3.98. The van der Waals surface area contributed by atoms with E-state index in [4.69, 9.17) is 10.8 Å². The van der Waals surface area contributed by atoms with E-state index in [1.54, 1.807) is 0 Å². The normalized spacial score (nSPS) is 12.9. The molecule has 0 radical (unpaired) electrons. The summed E-state index contributed by atoms with van der Waals surface area (Å²) in [7, 11) is 0. The van der Waals surface area contributed by atoms with Gasteiger partial charge in [-0.15, -0.1) is 0 Å². The van der Waals surface area contributed by atoms with Crippen LogP contribution < -0.4 is 5.73 Å². The van der Waals surface area contributed by atoms with Crippen molar-refractivity contribution in [3.05, 3.63) is 35.4 Å². The van der Waals surface area contributed by atoms with Crippen LogP contribution in [0.4, 0.5) is 8.78 Å². The SMILES string of the molecule is N[C@H](CCCO)c1ccc(F)cc1F. The number of nitrogens with two attached hydrogens (primary N) is 1. The van der Waals surface area contributed by atoms with Crippen molar-refractivity contribution in [1.29, 1.82) is 0 Å². The van der Waals surface area contributed by atoms with Crippen molar-refractivity contribution < 1.29 is 13.9 Å². The van der Waals surface area contributed by atoms with Crippen LogP contribution in [0.25, 0.3) is 0 Å². The van der Waals surface area contributed by atoms with E-state index in [1.807, 2.05) is 0 Å². The van der Waals surface area contributed by atoms with Crippen molar-refractivity contribution in [3.63, 3.8) is 0 Å². The van der Waals surface area contributed by atoms with E-state index in [-0.39, 0.29) is 6.61 Å². The second-order valence-corrected chi connectivity index (χ2v) is 3.14. The molecule has 0 fully saturated rings. The highest BCUT2D eigenvalue weighted by Crippen LogP contribution is 2.19. The van der Waals surface area contributed by atoms with Crippen LogP contribution in [0.1, 0.15) is 24.4 Å². The molecular formula is C10H13F2NO. The molecule has 0 unspecified atom stereocenters. The van der Waals surface area contributed by atoms with Gasteiger partial charge in [-0.25, -0.2) is 8.78 Å². The number of halogens is 2. The number of aliphatic hydroxyl groups excluding tert-OH is 1. The summed E-state index contributed by atoms with van der Waals surface area (Å²) in [6, 6.07) is 2.85. The zero-order chi connectivity index (χ0) is 10.6. The molecule has 14 heavy (non-hydrogen) atoms. The molecule has 0 saturated heterocycles. The molecule has 2 nitrogen and oxygen atoms in total. The third kappa shape index (κ3) is 2.75. The van der Waals surface area contributed by atoms with Gasteiger partial charge in [-0.3, -0.25) is 0 Å². The van der Waals surface area contributed by atoms with Gasteiger partial charge in [0.25, 0.3) is 0 Å². The highest BCUT2D eigenvalue weighted by molar-refractivity contribution is 5.21. The standard InChI is InChI=1S/C10H13F2NO/c11-7-3-4-8(9(12)6-7)10(13)2-1-5-14/h3-4,6,10,14H,1-2,5,13H2/t10-/m1/s1. The lowest BCUT2D eigenvalue weighted by Crippen LogP contribution is -2.12. The first-order valence-corrected chi connectivity index (χ1v) is 4.46. The molecule has 0 aliphatic heterocycles. The van der Waals surface area contributed by atoms with E-state index >= 15 is 0 Å². The molecule has 78 valence electrons. The van der Waals surface area contributed by atoms with E-state index in [0.29, 0.717) is 18.4 Å². The molecule has 4 heteroatoms. The van der Waals surface area contributed by atoms with Crippen LogP contribution in [0.2, 0.25) is 0 Å². The average Bonchev–Trinajstić information content (AvgIpc) is 2.14. The molecule has 0 amide bonds. The van der Waals surface area contributed by atoms with E-state index in [9.17, 15) is 8.78 Å². The summed E-state index contributed by atoms with van der Waals surface area (Å²) in [5.41, 5.74) is 5.95. The summed E-state index contributed by atoms with van der Waals surface area (Å²) >= 11 is 0. The zero-order valence-corrected chi connectivity index (χ0v) is 7.71. The van der Waals surface area contributed by atoms with Gasteiger partial charge >= 0.3 is 0 Å². The Labute approximate surface area is 81.4 Å². The number of hydrogen-bond acceptors (Lipinski definition) is 2. The number of rotatable bonds is 4. The molecule has 0 aromatic heterocycles. The average molecular weight is 201 g/mol. The van der Waals surface area contributed by atoms with Gasteiger partial charge in [0.05, 0.1) is 0 Å². The summed E-state index contributed by atoms with van der Waals surface area (Å²) in [4.78, 5) is 0. The third-order valence-electron chi connectivity index (χ3n) is 2.04. The maximum atomic E-state index is 13.1. The van der Waals surface area contributed by atoms with Crippen molar-refractivity contribution in [3.8, 4) is 0 Å². The van der Waals surface area contributed by atoms with Crippen LogP contribution >= 0.6 is 0 Å². The first kappa shape index (κ1) is 11.1. The smallest absolute Gasteiger partial charge is 0.130 e. The van der Waals surface area contributed by atoms with E-state index in [0.717, 1.165) is 6.07 Å². The van der Waals surface area contributed by atoms with Gasteiger partial charge in [-0.1, -0.05) is 6.07 Å². The van der Waals surface area contributed by atoms with E-state index in [1.165, 1.54) is 12.1 Å². The second-order valence-electron chi connectivity index (χ2n) is 3.14. The van der Waals surface area contributed by atoms with Gasteiger partial charge in [0.1, 0.15) is 11.6 Å². The third-order valence-corrected chi connectivity index (χ3v) is 2.04. The van der Waals surface area contributed by atoms with E-state index in [2.05, 4.69) is 0 Å². The molecule has 0 aliphatic carbocycles. The Morgan fingerprint density at radius 3 is 2.64 bits per heavy atom. The Morgan fingerprint density at radius 1 is 1.36 bits per heavy atom. The Hall–Kier alpha value is -1.00. The summed E-state index contributed by atoms with van der Waals surface area (Å²) < 4.78 is 25.7. The van der Waals surface area contributed by atoms with Crippen LogP contribution in [0, 0.1) is 11.6 Å². The molecule has 0 bridgehead atoms. The lowest BCUT2D eigenvalue weighted by atomic mass is 10.0. The van der Waals surface area contributed by atoms with Gasteiger partial charge in [-0.05, 0) is 18.9 Å². The summed E-state index contributed by atoms with van der Waals surface area (Å²) in [5.74, 6) is -1.24. The fourth-order valence-electron chi connectivity index (χ4n) is 1.27. The Morgan fingerprint density at radius 2 is 2.07 bits per heavy atom. The minimum atomic E-state index is -0.629. The first-order valence-electron chi connectivity index (χ1n) is 4.46.